The van der Waals surface area contributed by atoms with E-state index in [4.69, 9.17) is 21.6 Å². The van der Waals surface area contributed by atoms with Gasteiger partial charge < -0.3 is 9.29 Å². The minimum Gasteiger partial charge on any atom is -0.322 e. The lowest BCUT2D eigenvalue weighted by Crippen LogP contribution is -2.41. The number of rotatable bonds is 4. The Hall–Kier alpha value is -3.82. The standard InChI is InChI=1S/C23H17ClN6O2S/c24-14-10-11-19-16(12-14)21-22(26-18-9-5-4-8-17(18)25-21)30(19)13-20(31)27-28-23(32)33-29-15-6-2-1-3-7-15/h1-12,29H,13H2,(H,27,31)(H,28,32). The van der Waals surface area contributed by atoms with Crippen molar-refractivity contribution < 1.29 is 9.59 Å². The Morgan fingerprint density at radius 2 is 1.64 bits per heavy atom. The molecule has 3 aromatic carbocycles. The van der Waals surface area contributed by atoms with Crippen LogP contribution in [0.2, 0.25) is 5.02 Å². The van der Waals surface area contributed by atoms with Crippen LogP contribution in [0.25, 0.3) is 33.1 Å². The molecule has 0 radical (unpaired) electrons. The molecule has 164 valence electrons. The summed E-state index contributed by atoms with van der Waals surface area (Å²) in [5.41, 5.74) is 9.07. The van der Waals surface area contributed by atoms with Crippen molar-refractivity contribution >= 4 is 73.5 Å². The van der Waals surface area contributed by atoms with Gasteiger partial charge in [-0.15, -0.1) is 0 Å². The Kier molecular flexibility index (Phi) is 5.72. The third-order valence-electron chi connectivity index (χ3n) is 4.95. The summed E-state index contributed by atoms with van der Waals surface area (Å²) in [5.74, 6) is -0.410. The second-order valence-corrected chi connectivity index (χ2v) is 8.38. The molecule has 2 amide bonds. The van der Waals surface area contributed by atoms with Crippen LogP contribution in [-0.2, 0) is 11.3 Å². The van der Waals surface area contributed by atoms with Gasteiger partial charge in [0.15, 0.2) is 5.65 Å². The summed E-state index contributed by atoms with van der Waals surface area (Å²) in [6.45, 7) is -0.0638. The lowest BCUT2D eigenvalue weighted by Gasteiger charge is -2.10. The second kappa shape index (κ2) is 8.97. The van der Waals surface area contributed by atoms with Crippen molar-refractivity contribution in [2.45, 2.75) is 6.54 Å². The van der Waals surface area contributed by atoms with E-state index < -0.39 is 11.1 Å². The van der Waals surface area contributed by atoms with E-state index in [9.17, 15) is 9.59 Å². The first-order chi connectivity index (χ1) is 16.1. The zero-order valence-electron chi connectivity index (χ0n) is 17.1. The molecule has 0 saturated carbocycles. The summed E-state index contributed by atoms with van der Waals surface area (Å²) in [4.78, 5) is 34.2. The number of nitrogens with one attached hydrogen (secondary N) is 3. The monoisotopic (exact) mass is 476 g/mol. The summed E-state index contributed by atoms with van der Waals surface area (Å²) in [6, 6.07) is 22.2. The molecule has 8 nitrogen and oxygen atoms in total. The van der Waals surface area contributed by atoms with Crippen molar-refractivity contribution in [3.05, 3.63) is 77.8 Å². The molecule has 0 unspecified atom stereocenters. The molecule has 5 aromatic rings. The molecule has 0 atom stereocenters. The summed E-state index contributed by atoms with van der Waals surface area (Å²) in [7, 11) is 0. The van der Waals surface area contributed by atoms with Gasteiger partial charge in [-0.25, -0.2) is 9.97 Å². The van der Waals surface area contributed by atoms with Crippen LogP contribution in [0.3, 0.4) is 0 Å². The zero-order chi connectivity index (χ0) is 22.8. The molecule has 3 N–H and O–H groups in total. The Labute approximate surface area is 197 Å². The molecule has 0 aliphatic heterocycles. The van der Waals surface area contributed by atoms with Crippen molar-refractivity contribution in [1.82, 2.24) is 25.4 Å². The molecule has 2 aromatic heterocycles. The number of anilines is 1. The average molecular weight is 477 g/mol. The van der Waals surface area contributed by atoms with Gasteiger partial charge in [-0.3, -0.25) is 20.4 Å². The number of carbonyl (C=O) groups excluding carboxylic acids is 2. The molecule has 0 aliphatic rings. The quantitative estimate of drug-likeness (QED) is 0.252. The number of para-hydroxylation sites is 3. The molecular weight excluding hydrogens is 460 g/mol. The minimum atomic E-state index is -0.452. The fraction of sp³-hybridized carbons (Fsp3) is 0.0435. The van der Waals surface area contributed by atoms with Crippen LogP contribution < -0.4 is 15.6 Å². The molecular formula is C23H17ClN6O2S. The predicted octanol–water partition coefficient (Wildman–Crippen LogP) is 4.89. The topological polar surface area (TPSA) is 101 Å². The van der Waals surface area contributed by atoms with Crippen molar-refractivity contribution in [2.75, 3.05) is 4.72 Å². The van der Waals surface area contributed by atoms with E-state index in [0.29, 0.717) is 16.2 Å². The number of nitrogens with zero attached hydrogens (tertiary/aromatic N) is 3. The van der Waals surface area contributed by atoms with Gasteiger partial charge in [-0.05, 0) is 42.5 Å². The van der Waals surface area contributed by atoms with E-state index in [2.05, 4.69) is 15.6 Å². The van der Waals surface area contributed by atoms with Gasteiger partial charge in [0.1, 0.15) is 12.1 Å². The van der Waals surface area contributed by atoms with Crippen LogP contribution in [0.1, 0.15) is 0 Å². The maximum Gasteiger partial charge on any atom is 0.317 e. The highest BCUT2D eigenvalue weighted by molar-refractivity contribution is 8.14. The normalized spacial score (nSPS) is 11.1. The highest BCUT2D eigenvalue weighted by atomic mass is 35.5. The maximum atomic E-state index is 12.7. The van der Waals surface area contributed by atoms with Gasteiger partial charge in [0.05, 0.1) is 16.6 Å². The smallest absolute Gasteiger partial charge is 0.317 e. The summed E-state index contributed by atoms with van der Waals surface area (Å²) in [5, 5.41) is 0.915. The molecule has 10 heteroatoms. The number of hydrogen-bond donors (Lipinski definition) is 3. The summed E-state index contributed by atoms with van der Waals surface area (Å²) in [6.07, 6.45) is 0. The molecule has 0 fully saturated rings. The van der Waals surface area contributed by atoms with Crippen LogP contribution >= 0.6 is 23.5 Å². The summed E-state index contributed by atoms with van der Waals surface area (Å²) >= 11 is 7.05. The van der Waals surface area contributed by atoms with Gasteiger partial charge in [-0.2, -0.15) is 0 Å². The highest BCUT2D eigenvalue weighted by Gasteiger charge is 2.17. The largest absolute Gasteiger partial charge is 0.322 e. The molecule has 33 heavy (non-hydrogen) atoms. The van der Waals surface area contributed by atoms with Gasteiger partial charge in [0, 0.05) is 28.0 Å². The minimum absolute atomic E-state index is 0.0638. The van der Waals surface area contributed by atoms with E-state index >= 15 is 0 Å². The van der Waals surface area contributed by atoms with Gasteiger partial charge in [0.25, 0.3) is 5.91 Å². The number of carbonyl (C=O) groups is 2. The molecule has 2 heterocycles. The van der Waals surface area contributed by atoms with Gasteiger partial charge in [-0.1, -0.05) is 41.9 Å². The van der Waals surface area contributed by atoms with Crippen LogP contribution in [0.5, 0.6) is 0 Å². The first-order valence-corrected chi connectivity index (χ1v) is 11.2. The lowest BCUT2D eigenvalue weighted by molar-refractivity contribution is -0.122. The first kappa shape index (κ1) is 21.0. The number of fused-ring (bicyclic) bond motifs is 4. The van der Waals surface area contributed by atoms with Crippen molar-refractivity contribution in [3.8, 4) is 0 Å². The zero-order valence-corrected chi connectivity index (χ0v) is 18.7. The van der Waals surface area contributed by atoms with Gasteiger partial charge >= 0.3 is 5.24 Å². The molecule has 0 bridgehead atoms. The number of aromatic nitrogens is 3. The lowest BCUT2D eigenvalue weighted by atomic mass is 10.2. The number of halogens is 1. The van der Waals surface area contributed by atoms with E-state index in [0.717, 1.165) is 39.6 Å². The Balaban J connectivity index is 1.36. The van der Waals surface area contributed by atoms with E-state index in [1.54, 1.807) is 10.6 Å². The Morgan fingerprint density at radius 3 is 2.42 bits per heavy atom. The first-order valence-electron chi connectivity index (χ1n) is 9.99. The average Bonchev–Trinajstić information content (AvgIpc) is 3.12. The third kappa shape index (κ3) is 4.41. The molecule has 5 rings (SSSR count). The number of amides is 2. The number of benzene rings is 3. The van der Waals surface area contributed by atoms with Crippen molar-refractivity contribution in [3.63, 3.8) is 0 Å². The van der Waals surface area contributed by atoms with Crippen molar-refractivity contribution in [2.24, 2.45) is 0 Å². The summed E-state index contributed by atoms with van der Waals surface area (Å²) < 4.78 is 4.66. The van der Waals surface area contributed by atoms with Crippen LogP contribution in [0, 0.1) is 0 Å². The SMILES string of the molecule is O=C(Cn1c2ccc(Cl)cc2c2nc3ccccc3nc21)NNC(=O)SNc1ccccc1. The molecule has 0 spiro atoms. The number of hydrogen-bond acceptors (Lipinski definition) is 6. The second-order valence-electron chi connectivity index (χ2n) is 7.16. The van der Waals surface area contributed by atoms with E-state index in [1.165, 1.54) is 0 Å². The molecule has 0 aliphatic carbocycles. The van der Waals surface area contributed by atoms with Crippen LogP contribution in [0.15, 0.2) is 72.8 Å². The van der Waals surface area contributed by atoms with E-state index in [-0.39, 0.29) is 6.54 Å². The Morgan fingerprint density at radius 1 is 0.909 bits per heavy atom. The van der Waals surface area contributed by atoms with Gasteiger partial charge in [0.2, 0.25) is 0 Å². The Bertz CT molecular complexity index is 1510. The fourth-order valence-corrected chi connectivity index (χ4v) is 4.13. The van der Waals surface area contributed by atoms with Crippen LogP contribution in [-0.4, -0.2) is 25.7 Å². The van der Waals surface area contributed by atoms with Crippen LogP contribution in [0.4, 0.5) is 10.5 Å². The highest BCUT2D eigenvalue weighted by Crippen LogP contribution is 2.30. The molecule has 0 saturated heterocycles. The third-order valence-corrected chi connectivity index (χ3v) is 5.81. The fourth-order valence-electron chi connectivity index (χ4n) is 3.51. The van der Waals surface area contributed by atoms with Crippen molar-refractivity contribution in [1.29, 1.82) is 0 Å². The predicted molar refractivity (Wildman–Crippen MR) is 132 cm³/mol. The maximum absolute atomic E-state index is 12.7. The van der Waals surface area contributed by atoms with E-state index in [1.807, 2.05) is 66.7 Å². The number of hydrazine groups is 1.